The van der Waals surface area contributed by atoms with Crippen molar-refractivity contribution in [2.75, 3.05) is 0 Å². The summed E-state index contributed by atoms with van der Waals surface area (Å²) in [6.45, 7) is 0. The van der Waals surface area contributed by atoms with Crippen molar-refractivity contribution < 1.29 is 13.5 Å². The fourth-order valence-corrected chi connectivity index (χ4v) is 1.47. The zero-order chi connectivity index (χ0) is 8.81. The van der Waals surface area contributed by atoms with Crippen LogP contribution in [0.1, 0.15) is 5.56 Å². The minimum atomic E-state index is -1.80. The van der Waals surface area contributed by atoms with Gasteiger partial charge in [0.05, 0.1) is 0 Å². The Bertz CT molecular complexity index is 340. The molecule has 0 amide bonds. The Hall–Kier alpha value is -0.147. The van der Waals surface area contributed by atoms with Gasteiger partial charge in [-0.1, -0.05) is 0 Å². The van der Waals surface area contributed by atoms with Gasteiger partial charge in [-0.25, -0.2) is 0 Å². The van der Waals surface area contributed by atoms with Crippen LogP contribution in [0.15, 0.2) is 36.1 Å². The zero-order valence-corrected chi connectivity index (χ0v) is 9.32. The summed E-state index contributed by atoms with van der Waals surface area (Å²) in [5, 5.41) is 0. The fourth-order valence-electron chi connectivity index (χ4n) is 0.697. The van der Waals surface area contributed by atoms with E-state index in [4.69, 9.17) is 19.4 Å². The maximum atomic E-state index is 5.56. The van der Waals surface area contributed by atoms with E-state index in [1.54, 1.807) is 0 Å². The summed E-state index contributed by atoms with van der Waals surface area (Å²) >= 11 is -1.80. The van der Waals surface area contributed by atoms with E-state index < -0.39 is 13.5 Å². The van der Waals surface area contributed by atoms with E-state index in [1.807, 2.05) is 36.4 Å². The molecule has 0 aromatic heterocycles. The Balaban J connectivity index is 2.91. The van der Waals surface area contributed by atoms with Gasteiger partial charge in [-0.2, -0.15) is 0 Å². The van der Waals surface area contributed by atoms with Gasteiger partial charge in [0.2, 0.25) is 0 Å². The summed E-state index contributed by atoms with van der Waals surface area (Å²) in [5.41, 5.74) is 3.90. The van der Waals surface area contributed by atoms with Crippen LogP contribution >= 0.6 is 19.4 Å². The van der Waals surface area contributed by atoms with E-state index in [0.29, 0.717) is 0 Å². The second-order valence-corrected chi connectivity index (χ2v) is 7.28. The van der Waals surface area contributed by atoms with Crippen molar-refractivity contribution in [2.24, 2.45) is 0 Å². The van der Waals surface area contributed by atoms with Crippen LogP contribution in [0, 0.1) is 0 Å². The van der Waals surface area contributed by atoms with Crippen LogP contribution in [-0.4, -0.2) is 4.26 Å². The molecule has 0 radical (unpaired) electrons. The summed E-state index contributed by atoms with van der Waals surface area (Å²) in [6, 6.07) is 9.85. The van der Waals surface area contributed by atoms with E-state index in [0.717, 1.165) is 5.56 Å². The SMILES string of the molecule is [Cl][Ru]([Cl])=[C]=C=Cc1ccccc1. The number of benzene rings is 1. The molecule has 0 saturated heterocycles. The molecule has 0 unspecified atom stereocenters. The molecule has 0 nitrogen and oxygen atoms in total. The molecule has 12 heavy (non-hydrogen) atoms. The third-order valence-electron chi connectivity index (χ3n) is 1.16. The van der Waals surface area contributed by atoms with Crippen LogP contribution in [0.2, 0.25) is 0 Å². The van der Waals surface area contributed by atoms with Crippen molar-refractivity contribution in [3.63, 3.8) is 0 Å². The first-order chi connectivity index (χ1) is 5.79. The number of halogens is 2. The average Bonchev–Trinajstić information content (AvgIpc) is 2.05. The van der Waals surface area contributed by atoms with Gasteiger partial charge < -0.3 is 0 Å². The van der Waals surface area contributed by atoms with Crippen molar-refractivity contribution in [2.45, 2.75) is 0 Å². The van der Waals surface area contributed by atoms with E-state index in [2.05, 4.69) is 10.00 Å². The van der Waals surface area contributed by atoms with Gasteiger partial charge in [0.1, 0.15) is 0 Å². The summed E-state index contributed by atoms with van der Waals surface area (Å²) in [6.07, 6.45) is 1.81. The first-order valence-electron chi connectivity index (χ1n) is 3.18. The molecule has 0 aliphatic heterocycles. The van der Waals surface area contributed by atoms with E-state index in [1.165, 1.54) is 0 Å². The predicted octanol–water partition coefficient (Wildman–Crippen LogP) is 3.18. The topological polar surface area (TPSA) is 0 Å². The van der Waals surface area contributed by atoms with Crippen LogP contribution < -0.4 is 0 Å². The first-order valence-corrected chi connectivity index (χ1v) is 8.53. The van der Waals surface area contributed by atoms with E-state index in [9.17, 15) is 0 Å². The molecule has 1 aromatic carbocycles. The summed E-state index contributed by atoms with van der Waals surface area (Å²) in [7, 11) is 11.1. The standard InChI is InChI=1S/C9H6.2ClH.Ru/c1-2-6-9-7-4-3-5-8-9;;;/h3-8H;2*1H;/q;;;+2/p-2. The maximum absolute atomic E-state index is 5.56. The molecule has 0 saturated carbocycles. The van der Waals surface area contributed by atoms with Crippen molar-refractivity contribution in [3.8, 4) is 0 Å². The normalized spacial score (nSPS) is 9.67. The molecule has 0 atom stereocenters. The predicted molar refractivity (Wildman–Crippen MR) is 51.1 cm³/mol. The fraction of sp³-hybridized carbons (Fsp3) is 0. The van der Waals surface area contributed by atoms with Crippen LogP contribution in [0.4, 0.5) is 0 Å². The van der Waals surface area contributed by atoms with E-state index >= 15 is 0 Å². The summed E-state index contributed by atoms with van der Waals surface area (Å²) in [5.74, 6) is 0. The Morgan fingerprint density at radius 3 is 2.42 bits per heavy atom. The molecule has 0 N–H and O–H groups in total. The van der Waals surface area contributed by atoms with Gasteiger partial charge in [-0.15, -0.1) is 0 Å². The molecule has 64 valence electrons. The quantitative estimate of drug-likeness (QED) is 0.549. The second kappa shape index (κ2) is 5.49. The Morgan fingerprint density at radius 2 is 1.83 bits per heavy atom. The molecule has 0 aliphatic carbocycles. The van der Waals surface area contributed by atoms with Crippen LogP contribution in [0.25, 0.3) is 6.08 Å². The Kier molecular flexibility index (Phi) is 4.55. The van der Waals surface area contributed by atoms with Gasteiger partial charge >= 0.3 is 84.9 Å². The van der Waals surface area contributed by atoms with E-state index in [-0.39, 0.29) is 0 Å². The van der Waals surface area contributed by atoms with Gasteiger partial charge in [0.25, 0.3) is 0 Å². The van der Waals surface area contributed by atoms with Crippen molar-refractivity contribution in [3.05, 3.63) is 41.6 Å². The molecule has 0 aliphatic rings. The van der Waals surface area contributed by atoms with Crippen molar-refractivity contribution in [1.82, 2.24) is 0 Å². The molecule has 1 aromatic rings. The third kappa shape index (κ3) is 4.02. The minimum absolute atomic E-state index is 1.08. The van der Waals surface area contributed by atoms with Gasteiger partial charge in [-0.05, 0) is 0 Å². The molecular formula is C9H6Cl2Ru. The summed E-state index contributed by atoms with van der Waals surface area (Å²) in [4.78, 5) is 0. The molecule has 0 spiro atoms. The molecule has 0 heterocycles. The number of hydrogen-bond acceptors (Lipinski definition) is 0. The second-order valence-electron chi connectivity index (χ2n) is 1.97. The number of hydrogen-bond donors (Lipinski definition) is 0. The molecule has 0 bridgehead atoms. The summed E-state index contributed by atoms with van der Waals surface area (Å²) < 4.78 is 2.76. The van der Waals surface area contributed by atoms with Gasteiger partial charge in [0.15, 0.2) is 0 Å². The van der Waals surface area contributed by atoms with Crippen LogP contribution in [-0.2, 0) is 13.5 Å². The van der Waals surface area contributed by atoms with Crippen molar-refractivity contribution >= 4 is 29.7 Å². The zero-order valence-electron chi connectivity index (χ0n) is 6.07. The molecular weight excluding hydrogens is 280 g/mol. The average molecular weight is 286 g/mol. The Labute approximate surface area is 84.6 Å². The number of rotatable bonds is 1. The van der Waals surface area contributed by atoms with Crippen LogP contribution in [0.3, 0.4) is 0 Å². The monoisotopic (exact) mass is 286 g/mol. The molecule has 1 rings (SSSR count). The molecule has 0 fully saturated rings. The van der Waals surface area contributed by atoms with Gasteiger partial charge in [0, 0.05) is 0 Å². The Morgan fingerprint density at radius 1 is 1.17 bits per heavy atom. The van der Waals surface area contributed by atoms with Crippen molar-refractivity contribution in [1.29, 1.82) is 0 Å². The van der Waals surface area contributed by atoms with Gasteiger partial charge in [-0.3, -0.25) is 0 Å². The third-order valence-corrected chi connectivity index (χ3v) is 2.53. The van der Waals surface area contributed by atoms with Crippen LogP contribution in [0.5, 0.6) is 0 Å². The first kappa shape index (κ1) is 9.94. The molecule has 3 heteroatoms.